The lowest BCUT2D eigenvalue weighted by atomic mass is 10.1. The number of ether oxygens (including phenoxy) is 1. The Hall–Kier alpha value is -1.02. The molecule has 0 aliphatic carbocycles. The summed E-state index contributed by atoms with van der Waals surface area (Å²) in [5.41, 5.74) is 0.944. The fourth-order valence-corrected chi connectivity index (χ4v) is 1.55. The van der Waals surface area contributed by atoms with E-state index in [-0.39, 0.29) is 5.78 Å². The Morgan fingerprint density at radius 1 is 1.40 bits per heavy atom. The minimum Gasteiger partial charge on any atom is -0.496 e. The van der Waals surface area contributed by atoms with E-state index in [1.165, 1.54) is 0 Å². The van der Waals surface area contributed by atoms with Gasteiger partial charge in [-0.05, 0) is 12.5 Å². The largest absolute Gasteiger partial charge is 0.496 e. The Morgan fingerprint density at radius 2 is 2.13 bits per heavy atom. The molecule has 0 N–H and O–H groups in total. The van der Waals surface area contributed by atoms with Crippen molar-refractivity contribution in [1.29, 1.82) is 0 Å². The van der Waals surface area contributed by atoms with Gasteiger partial charge in [0.2, 0.25) is 0 Å². The van der Waals surface area contributed by atoms with Crippen molar-refractivity contribution in [2.75, 3.05) is 13.0 Å². The lowest BCUT2D eigenvalue weighted by Gasteiger charge is -2.06. The molecule has 0 fully saturated rings. The summed E-state index contributed by atoms with van der Waals surface area (Å²) in [6, 6.07) is 7.58. The zero-order valence-corrected chi connectivity index (χ0v) is 9.59. The molecule has 0 unspecified atom stereocenters. The first-order valence-corrected chi connectivity index (χ1v) is 5.51. The number of hydrogen-bond donors (Lipinski definition) is 0. The monoisotopic (exact) mass is 226 g/mol. The number of carbonyl (C=O) groups is 1. The third-order valence-electron chi connectivity index (χ3n) is 2.17. The molecule has 1 aromatic rings. The lowest BCUT2D eigenvalue weighted by molar-refractivity contribution is -0.118. The number of hydrogen-bond acceptors (Lipinski definition) is 2. The van der Waals surface area contributed by atoms with Crippen molar-refractivity contribution >= 4 is 17.4 Å². The van der Waals surface area contributed by atoms with Gasteiger partial charge >= 0.3 is 0 Å². The van der Waals surface area contributed by atoms with Crippen LogP contribution in [0.3, 0.4) is 0 Å². The van der Waals surface area contributed by atoms with Gasteiger partial charge in [-0.2, -0.15) is 0 Å². The molecule has 0 aromatic heterocycles. The van der Waals surface area contributed by atoms with E-state index in [1.54, 1.807) is 7.11 Å². The molecule has 0 atom stereocenters. The van der Waals surface area contributed by atoms with Crippen molar-refractivity contribution in [3.05, 3.63) is 29.8 Å². The van der Waals surface area contributed by atoms with Gasteiger partial charge in [-0.15, -0.1) is 11.6 Å². The maximum Gasteiger partial charge on any atom is 0.137 e. The number of methoxy groups -OCH3 is 1. The maximum absolute atomic E-state index is 11.5. The average Bonchev–Trinajstić information content (AvgIpc) is 2.27. The number of alkyl halides is 1. The maximum atomic E-state index is 11.5. The quantitative estimate of drug-likeness (QED) is 0.698. The molecule has 15 heavy (non-hydrogen) atoms. The fraction of sp³-hybridized carbons (Fsp3) is 0.417. The molecule has 3 heteroatoms. The van der Waals surface area contributed by atoms with Crippen LogP contribution in [0.1, 0.15) is 18.4 Å². The Morgan fingerprint density at radius 3 is 2.80 bits per heavy atom. The van der Waals surface area contributed by atoms with Crippen molar-refractivity contribution < 1.29 is 9.53 Å². The van der Waals surface area contributed by atoms with Gasteiger partial charge in [-0.1, -0.05) is 18.2 Å². The second kappa shape index (κ2) is 6.46. The highest BCUT2D eigenvalue weighted by Gasteiger charge is 2.07. The van der Waals surface area contributed by atoms with Crippen molar-refractivity contribution in [1.82, 2.24) is 0 Å². The van der Waals surface area contributed by atoms with Crippen LogP contribution in [0.2, 0.25) is 0 Å². The van der Waals surface area contributed by atoms with E-state index in [0.29, 0.717) is 18.7 Å². The predicted molar refractivity (Wildman–Crippen MR) is 61.7 cm³/mol. The number of Topliss-reactive ketones (excluding diaryl/α,β-unsaturated/α-hetero) is 1. The molecule has 0 heterocycles. The van der Waals surface area contributed by atoms with Gasteiger partial charge in [0.15, 0.2) is 0 Å². The normalized spacial score (nSPS) is 10.0. The number of carbonyl (C=O) groups excluding carboxylic acids is 1. The zero-order valence-electron chi connectivity index (χ0n) is 8.83. The molecule has 82 valence electrons. The molecule has 2 nitrogen and oxygen atoms in total. The van der Waals surface area contributed by atoms with E-state index in [0.717, 1.165) is 17.7 Å². The van der Waals surface area contributed by atoms with Gasteiger partial charge < -0.3 is 4.74 Å². The van der Waals surface area contributed by atoms with Gasteiger partial charge in [0, 0.05) is 24.3 Å². The molecule has 1 rings (SSSR count). The van der Waals surface area contributed by atoms with Crippen LogP contribution < -0.4 is 4.74 Å². The van der Waals surface area contributed by atoms with Crippen LogP contribution >= 0.6 is 11.6 Å². The third-order valence-corrected chi connectivity index (χ3v) is 2.44. The number of halogens is 1. The minimum atomic E-state index is 0.208. The second-order valence-electron chi connectivity index (χ2n) is 3.32. The highest BCUT2D eigenvalue weighted by molar-refractivity contribution is 6.17. The van der Waals surface area contributed by atoms with Crippen LogP contribution in [-0.2, 0) is 11.2 Å². The number of ketones is 1. The molecular formula is C12H15ClO2. The van der Waals surface area contributed by atoms with E-state index < -0.39 is 0 Å². The minimum absolute atomic E-state index is 0.208. The second-order valence-corrected chi connectivity index (χ2v) is 3.70. The zero-order chi connectivity index (χ0) is 11.1. The SMILES string of the molecule is COc1ccccc1CC(=O)CCCCl. The first-order valence-electron chi connectivity index (χ1n) is 4.97. The lowest BCUT2D eigenvalue weighted by Crippen LogP contribution is -2.04. The van der Waals surface area contributed by atoms with Crippen molar-refractivity contribution in [2.24, 2.45) is 0 Å². The summed E-state index contributed by atoms with van der Waals surface area (Å²) in [4.78, 5) is 11.5. The van der Waals surface area contributed by atoms with Crippen LogP contribution in [0.25, 0.3) is 0 Å². The molecular weight excluding hydrogens is 212 g/mol. The van der Waals surface area contributed by atoms with Gasteiger partial charge in [0.25, 0.3) is 0 Å². The standard InChI is InChI=1S/C12H15ClO2/c1-15-12-7-3-2-5-10(12)9-11(14)6-4-8-13/h2-3,5,7H,4,6,8-9H2,1H3. The molecule has 0 radical (unpaired) electrons. The van der Waals surface area contributed by atoms with Gasteiger partial charge in [0.05, 0.1) is 7.11 Å². The number of para-hydroxylation sites is 1. The van der Waals surface area contributed by atoms with Crippen molar-refractivity contribution in [3.8, 4) is 5.75 Å². The van der Waals surface area contributed by atoms with Gasteiger partial charge in [-0.3, -0.25) is 4.79 Å². The van der Waals surface area contributed by atoms with E-state index in [9.17, 15) is 4.79 Å². The first-order chi connectivity index (χ1) is 7.27. The summed E-state index contributed by atoms with van der Waals surface area (Å²) in [5, 5.41) is 0. The average molecular weight is 227 g/mol. The topological polar surface area (TPSA) is 26.3 Å². The first kappa shape index (κ1) is 12.1. The molecule has 0 saturated heterocycles. The molecule has 0 bridgehead atoms. The Labute approximate surface area is 95.2 Å². The Kier molecular flexibility index (Phi) is 5.19. The summed E-state index contributed by atoms with van der Waals surface area (Å²) in [6.07, 6.45) is 1.72. The highest BCUT2D eigenvalue weighted by atomic mass is 35.5. The van der Waals surface area contributed by atoms with Crippen molar-refractivity contribution in [2.45, 2.75) is 19.3 Å². The van der Waals surface area contributed by atoms with E-state index in [4.69, 9.17) is 16.3 Å². The molecule has 0 saturated carbocycles. The smallest absolute Gasteiger partial charge is 0.137 e. The van der Waals surface area contributed by atoms with E-state index >= 15 is 0 Å². The Bertz CT molecular complexity index is 323. The molecule has 1 aromatic carbocycles. The van der Waals surface area contributed by atoms with Crippen LogP contribution in [0, 0.1) is 0 Å². The molecule has 0 aliphatic heterocycles. The summed E-state index contributed by atoms with van der Waals surface area (Å²) in [6.45, 7) is 0. The number of benzene rings is 1. The highest BCUT2D eigenvalue weighted by Crippen LogP contribution is 2.18. The van der Waals surface area contributed by atoms with Crippen LogP contribution in [0.15, 0.2) is 24.3 Å². The predicted octanol–water partition coefficient (Wildman–Crippen LogP) is 2.83. The summed E-state index contributed by atoms with van der Waals surface area (Å²) in [5.74, 6) is 1.52. The third kappa shape index (κ3) is 3.92. The van der Waals surface area contributed by atoms with E-state index in [2.05, 4.69) is 0 Å². The van der Waals surface area contributed by atoms with Crippen LogP contribution in [-0.4, -0.2) is 18.8 Å². The molecule has 0 spiro atoms. The molecule has 0 aliphatic rings. The van der Waals surface area contributed by atoms with Crippen LogP contribution in [0.4, 0.5) is 0 Å². The van der Waals surface area contributed by atoms with E-state index in [1.807, 2.05) is 24.3 Å². The summed E-state index contributed by atoms with van der Waals surface area (Å²) < 4.78 is 5.17. The summed E-state index contributed by atoms with van der Waals surface area (Å²) >= 11 is 5.53. The van der Waals surface area contributed by atoms with Crippen LogP contribution in [0.5, 0.6) is 5.75 Å². The Balaban J connectivity index is 2.59. The number of rotatable bonds is 6. The van der Waals surface area contributed by atoms with Gasteiger partial charge in [-0.25, -0.2) is 0 Å². The van der Waals surface area contributed by atoms with Gasteiger partial charge in [0.1, 0.15) is 11.5 Å². The fourth-order valence-electron chi connectivity index (χ4n) is 1.41. The van der Waals surface area contributed by atoms with Crippen molar-refractivity contribution in [3.63, 3.8) is 0 Å². The summed E-state index contributed by atoms with van der Waals surface area (Å²) in [7, 11) is 1.61. The molecule has 0 amide bonds.